The van der Waals surface area contributed by atoms with Crippen LogP contribution in [0.1, 0.15) is 5.69 Å². The number of nitrogens with zero attached hydrogens (tertiary/aromatic N) is 2. The van der Waals surface area contributed by atoms with Crippen molar-refractivity contribution in [3.63, 3.8) is 0 Å². The zero-order valence-electron chi connectivity index (χ0n) is 7.14. The Morgan fingerprint density at radius 3 is 2.92 bits per heavy atom. The largest absolute Gasteiger partial charge is 0.480 e. The van der Waals surface area contributed by atoms with E-state index in [1.165, 1.54) is 0 Å². The predicted molar refractivity (Wildman–Crippen MR) is 49.8 cm³/mol. The molecule has 6 heteroatoms. The van der Waals surface area contributed by atoms with Crippen LogP contribution in [0, 0.1) is 0 Å². The summed E-state index contributed by atoms with van der Waals surface area (Å²) >= 11 is 4.08. The van der Waals surface area contributed by atoms with E-state index < -0.39 is 12.0 Å². The van der Waals surface area contributed by atoms with Crippen LogP contribution in [0.5, 0.6) is 0 Å². The Bertz CT molecular complexity index is 304. The summed E-state index contributed by atoms with van der Waals surface area (Å²) in [5, 5.41) is 9.11. The van der Waals surface area contributed by atoms with Crippen LogP contribution in [0.2, 0.25) is 0 Å². The molecule has 0 fully saturated rings. The summed E-state index contributed by atoms with van der Waals surface area (Å²) in [6.07, 6.45) is 1.82. The van der Waals surface area contributed by atoms with E-state index in [4.69, 9.17) is 10.8 Å². The summed E-state index contributed by atoms with van der Waals surface area (Å²) in [5.74, 6) is -1.02. The van der Waals surface area contributed by atoms with Crippen LogP contribution >= 0.6 is 12.6 Å². The summed E-state index contributed by atoms with van der Waals surface area (Å²) in [7, 11) is 1.77. The van der Waals surface area contributed by atoms with Gasteiger partial charge in [-0.05, 0) is 0 Å². The standard InChI is InChI=1S/C7H11N3O2S/c1-10-3-9-6(13)5(10)2-4(8)7(11)12/h3-4,13H,2,8H2,1H3,(H,11,12)/t4-/m1/s1. The van der Waals surface area contributed by atoms with E-state index >= 15 is 0 Å². The molecule has 5 nitrogen and oxygen atoms in total. The fourth-order valence-electron chi connectivity index (χ4n) is 0.974. The number of aryl methyl sites for hydroxylation is 1. The number of rotatable bonds is 3. The molecule has 0 aliphatic carbocycles. The van der Waals surface area contributed by atoms with Gasteiger partial charge in [-0.3, -0.25) is 4.79 Å². The van der Waals surface area contributed by atoms with E-state index in [-0.39, 0.29) is 6.42 Å². The summed E-state index contributed by atoms with van der Waals surface area (Å²) < 4.78 is 1.71. The quantitative estimate of drug-likeness (QED) is 0.585. The minimum atomic E-state index is -1.02. The molecular weight excluding hydrogens is 190 g/mol. The molecule has 13 heavy (non-hydrogen) atoms. The Balaban J connectivity index is 2.79. The molecule has 0 saturated heterocycles. The van der Waals surface area contributed by atoms with Crippen molar-refractivity contribution in [2.75, 3.05) is 0 Å². The van der Waals surface area contributed by atoms with E-state index in [9.17, 15) is 4.79 Å². The molecule has 1 rings (SSSR count). The summed E-state index contributed by atoms with van der Waals surface area (Å²) in [6.45, 7) is 0. The summed E-state index contributed by atoms with van der Waals surface area (Å²) in [5.41, 5.74) is 6.11. The molecule has 0 aliphatic heterocycles. The van der Waals surface area contributed by atoms with Crippen molar-refractivity contribution >= 4 is 18.6 Å². The number of nitrogens with two attached hydrogens (primary N) is 1. The van der Waals surface area contributed by atoms with Crippen molar-refractivity contribution in [2.45, 2.75) is 17.5 Å². The van der Waals surface area contributed by atoms with E-state index in [0.717, 1.165) is 5.69 Å². The van der Waals surface area contributed by atoms with Gasteiger partial charge in [0.1, 0.15) is 11.1 Å². The molecule has 3 N–H and O–H groups in total. The number of carboxylic acid groups (broad SMARTS) is 1. The lowest BCUT2D eigenvalue weighted by molar-refractivity contribution is -0.138. The third-order valence-corrected chi connectivity index (χ3v) is 2.14. The lowest BCUT2D eigenvalue weighted by Crippen LogP contribution is -2.33. The first-order valence-corrected chi connectivity index (χ1v) is 4.14. The van der Waals surface area contributed by atoms with Gasteiger partial charge in [-0.1, -0.05) is 0 Å². The summed E-state index contributed by atoms with van der Waals surface area (Å²) in [6, 6.07) is -0.902. The Kier molecular flexibility index (Phi) is 2.94. The van der Waals surface area contributed by atoms with Crippen LogP contribution in [0.4, 0.5) is 0 Å². The number of hydrogen-bond acceptors (Lipinski definition) is 4. The van der Waals surface area contributed by atoms with Crippen molar-refractivity contribution in [1.82, 2.24) is 9.55 Å². The molecule has 0 spiro atoms. The molecule has 1 aromatic heterocycles. The maximum atomic E-state index is 10.5. The van der Waals surface area contributed by atoms with Crippen LogP contribution in [-0.4, -0.2) is 26.7 Å². The number of carboxylic acids is 1. The molecule has 0 bridgehead atoms. The van der Waals surface area contributed by atoms with Gasteiger partial charge in [-0.15, -0.1) is 12.6 Å². The van der Waals surface area contributed by atoms with Gasteiger partial charge in [0.15, 0.2) is 0 Å². The SMILES string of the molecule is Cn1cnc(S)c1C[C@@H](N)C(=O)O. The van der Waals surface area contributed by atoms with Crippen molar-refractivity contribution < 1.29 is 9.90 Å². The highest BCUT2D eigenvalue weighted by Crippen LogP contribution is 2.11. The second-order valence-corrected chi connectivity index (χ2v) is 3.20. The molecule has 0 radical (unpaired) electrons. The molecule has 1 aromatic rings. The van der Waals surface area contributed by atoms with Gasteiger partial charge in [0.25, 0.3) is 0 Å². The Morgan fingerprint density at radius 1 is 1.92 bits per heavy atom. The van der Waals surface area contributed by atoms with Crippen LogP contribution in [0.25, 0.3) is 0 Å². The fraction of sp³-hybridized carbons (Fsp3) is 0.429. The smallest absolute Gasteiger partial charge is 0.320 e. The molecule has 0 amide bonds. The van der Waals surface area contributed by atoms with E-state index in [1.807, 2.05) is 0 Å². The van der Waals surface area contributed by atoms with E-state index in [2.05, 4.69) is 17.6 Å². The van der Waals surface area contributed by atoms with Gasteiger partial charge in [-0.2, -0.15) is 0 Å². The average molecular weight is 201 g/mol. The molecule has 1 atom stereocenters. The predicted octanol–water partition coefficient (Wildman–Crippen LogP) is -0.337. The van der Waals surface area contributed by atoms with Gasteiger partial charge in [-0.25, -0.2) is 4.98 Å². The second-order valence-electron chi connectivity index (χ2n) is 2.77. The third kappa shape index (κ3) is 2.22. The molecule has 1 heterocycles. The molecular formula is C7H11N3O2S. The van der Waals surface area contributed by atoms with Crippen molar-refractivity contribution in [1.29, 1.82) is 0 Å². The normalized spacial score (nSPS) is 12.8. The van der Waals surface area contributed by atoms with Crippen molar-refractivity contribution in [2.24, 2.45) is 12.8 Å². The summed E-state index contributed by atoms with van der Waals surface area (Å²) in [4.78, 5) is 14.4. The molecule has 0 unspecified atom stereocenters. The lowest BCUT2D eigenvalue weighted by Gasteiger charge is -2.07. The lowest BCUT2D eigenvalue weighted by atomic mass is 10.2. The number of aliphatic carboxylic acids is 1. The van der Waals surface area contributed by atoms with Gasteiger partial charge in [0.05, 0.1) is 12.0 Å². The molecule has 72 valence electrons. The maximum absolute atomic E-state index is 10.5. The zero-order valence-corrected chi connectivity index (χ0v) is 8.03. The number of hydrogen-bond donors (Lipinski definition) is 3. The van der Waals surface area contributed by atoms with E-state index in [0.29, 0.717) is 5.03 Å². The number of thiol groups is 1. The van der Waals surface area contributed by atoms with Crippen LogP contribution in [0.15, 0.2) is 11.4 Å². The molecule has 0 saturated carbocycles. The van der Waals surface area contributed by atoms with Crippen LogP contribution < -0.4 is 5.73 Å². The van der Waals surface area contributed by atoms with E-state index in [1.54, 1.807) is 17.9 Å². The number of imidazole rings is 1. The highest BCUT2D eigenvalue weighted by atomic mass is 32.1. The Labute approximate surface area is 81.0 Å². The zero-order chi connectivity index (χ0) is 10.0. The number of aromatic nitrogens is 2. The van der Waals surface area contributed by atoms with Gasteiger partial charge in [0.2, 0.25) is 0 Å². The van der Waals surface area contributed by atoms with Crippen molar-refractivity contribution in [3.8, 4) is 0 Å². The minimum Gasteiger partial charge on any atom is -0.480 e. The first-order valence-electron chi connectivity index (χ1n) is 3.70. The first-order chi connectivity index (χ1) is 6.02. The van der Waals surface area contributed by atoms with Gasteiger partial charge >= 0.3 is 5.97 Å². The van der Waals surface area contributed by atoms with Crippen molar-refractivity contribution in [3.05, 3.63) is 12.0 Å². The minimum absolute atomic E-state index is 0.241. The molecule has 0 aliphatic rings. The second kappa shape index (κ2) is 3.80. The fourth-order valence-corrected chi connectivity index (χ4v) is 1.27. The van der Waals surface area contributed by atoms with Gasteiger partial charge < -0.3 is 15.4 Å². The van der Waals surface area contributed by atoms with Gasteiger partial charge in [0, 0.05) is 13.5 Å². The Hall–Kier alpha value is -1.01. The molecule has 0 aromatic carbocycles. The number of carbonyl (C=O) groups is 1. The Morgan fingerprint density at radius 2 is 2.54 bits per heavy atom. The highest BCUT2D eigenvalue weighted by Gasteiger charge is 2.16. The highest BCUT2D eigenvalue weighted by molar-refractivity contribution is 7.80. The topological polar surface area (TPSA) is 81.1 Å². The monoisotopic (exact) mass is 201 g/mol. The maximum Gasteiger partial charge on any atom is 0.320 e. The average Bonchev–Trinajstić information content (AvgIpc) is 2.35. The first kappa shape index (κ1) is 10.1. The third-order valence-electron chi connectivity index (χ3n) is 1.77. The van der Waals surface area contributed by atoms with Crippen LogP contribution in [0.3, 0.4) is 0 Å². The van der Waals surface area contributed by atoms with Crippen LogP contribution in [-0.2, 0) is 18.3 Å².